The molecule has 0 spiro atoms. The first-order valence-electron chi connectivity index (χ1n) is 9.08. The van der Waals surface area contributed by atoms with Crippen molar-refractivity contribution in [1.82, 2.24) is 14.9 Å². The zero-order valence-electron chi connectivity index (χ0n) is 16.8. The highest BCUT2D eigenvalue weighted by Crippen LogP contribution is 2.25. The van der Waals surface area contributed by atoms with Crippen LogP contribution in [0.1, 0.15) is 53.1 Å². The summed E-state index contributed by atoms with van der Waals surface area (Å²) in [5, 5.41) is 10.1. The lowest BCUT2D eigenvalue weighted by molar-refractivity contribution is 0.0307. The Labute approximate surface area is 152 Å². The van der Waals surface area contributed by atoms with E-state index < -0.39 is 5.60 Å². The third-order valence-electron chi connectivity index (χ3n) is 4.35. The van der Waals surface area contributed by atoms with Gasteiger partial charge in [-0.1, -0.05) is 20.8 Å². The quantitative estimate of drug-likeness (QED) is 0.878. The topological polar surface area (TPSA) is 61.7 Å². The summed E-state index contributed by atoms with van der Waals surface area (Å²) >= 11 is 0. The lowest BCUT2D eigenvalue weighted by Gasteiger charge is -2.42. The fraction of sp³-hybridized carbons (Fsp3) is 0.789. The van der Waals surface area contributed by atoms with E-state index in [2.05, 4.69) is 42.5 Å². The minimum Gasteiger partial charge on any atom is -0.389 e. The summed E-state index contributed by atoms with van der Waals surface area (Å²) < 4.78 is 5.29. The molecule has 2 heterocycles. The molecule has 6 nitrogen and oxygen atoms in total. The lowest BCUT2D eigenvalue weighted by Crippen LogP contribution is -2.55. The second-order valence-electron chi connectivity index (χ2n) is 8.81. The average molecular weight is 351 g/mol. The fourth-order valence-electron chi connectivity index (χ4n) is 3.25. The molecular weight excluding hydrogens is 316 g/mol. The van der Waals surface area contributed by atoms with E-state index in [0.29, 0.717) is 19.2 Å². The molecule has 2 rings (SSSR count). The Morgan fingerprint density at radius 2 is 1.88 bits per heavy atom. The fourth-order valence-corrected chi connectivity index (χ4v) is 3.25. The normalized spacial score (nSPS) is 20.2. The van der Waals surface area contributed by atoms with Crippen molar-refractivity contribution in [2.45, 2.75) is 65.2 Å². The summed E-state index contributed by atoms with van der Waals surface area (Å²) in [4.78, 5) is 14.2. The zero-order chi connectivity index (χ0) is 18.8. The van der Waals surface area contributed by atoms with Crippen LogP contribution in [0, 0.1) is 0 Å². The number of piperazine rings is 1. The minimum absolute atomic E-state index is 0.107. The summed E-state index contributed by atoms with van der Waals surface area (Å²) in [6.07, 6.45) is 0. The van der Waals surface area contributed by atoms with Crippen LogP contribution in [-0.2, 0) is 16.8 Å². The van der Waals surface area contributed by atoms with E-state index in [-0.39, 0.29) is 5.41 Å². The van der Waals surface area contributed by atoms with Crippen LogP contribution >= 0.6 is 0 Å². The van der Waals surface area contributed by atoms with E-state index in [1.54, 1.807) is 7.11 Å². The molecule has 25 heavy (non-hydrogen) atoms. The van der Waals surface area contributed by atoms with Crippen molar-refractivity contribution in [3.05, 3.63) is 17.6 Å². The van der Waals surface area contributed by atoms with E-state index in [1.807, 2.05) is 19.9 Å². The summed E-state index contributed by atoms with van der Waals surface area (Å²) in [7, 11) is 1.69. The van der Waals surface area contributed by atoms with Crippen LogP contribution in [0.5, 0.6) is 0 Å². The Bertz CT molecular complexity index is 578. The Kier molecular flexibility index (Phi) is 6.07. The van der Waals surface area contributed by atoms with Crippen LogP contribution in [0.3, 0.4) is 0 Å². The predicted octanol–water partition coefficient (Wildman–Crippen LogP) is 2.20. The number of ether oxygens (including phenoxy) is 1. The molecule has 0 aromatic carbocycles. The van der Waals surface area contributed by atoms with E-state index in [1.165, 1.54) is 0 Å². The van der Waals surface area contributed by atoms with Gasteiger partial charge in [-0.25, -0.2) is 9.97 Å². The maximum atomic E-state index is 10.1. The molecule has 0 bridgehead atoms. The van der Waals surface area contributed by atoms with Crippen molar-refractivity contribution >= 4 is 5.82 Å². The summed E-state index contributed by atoms with van der Waals surface area (Å²) in [5.74, 6) is 1.82. The number of hydrogen-bond donors (Lipinski definition) is 1. The first-order chi connectivity index (χ1) is 11.5. The molecule has 1 aromatic rings. The third kappa shape index (κ3) is 5.62. The van der Waals surface area contributed by atoms with Crippen molar-refractivity contribution in [2.75, 3.05) is 38.2 Å². The van der Waals surface area contributed by atoms with Crippen molar-refractivity contribution in [3.63, 3.8) is 0 Å². The van der Waals surface area contributed by atoms with Crippen LogP contribution in [0.15, 0.2) is 6.07 Å². The smallest absolute Gasteiger partial charge is 0.136 e. The van der Waals surface area contributed by atoms with E-state index in [0.717, 1.165) is 37.0 Å². The zero-order valence-corrected chi connectivity index (χ0v) is 16.8. The lowest BCUT2D eigenvalue weighted by atomic mass is 9.95. The van der Waals surface area contributed by atoms with E-state index in [4.69, 9.17) is 9.72 Å². The third-order valence-corrected chi connectivity index (χ3v) is 4.35. The van der Waals surface area contributed by atoms with E-state index >= 15 is 0 Å². The molecule has 1 unspecified atom stereocenters. The van der Waals surface area contributed by atoms with Crippen LogP contribution in [0.2, 0.25) is 0 Å². The molecule has 1 N–H and O–H groups in total. The van der Waals surface area contributed by atoms with Crippen molar-refractivity contribution in [1.29, 1.82) is 0 Å². The van der Waals surface area contributed by atoms with Crippen molar-refractivity contribution in [2.24, 2.45) is 0 Å². The highest BCUT2D eigenvalue weighted by atomic mass is 16.5. The highest BCUT2D eigenvalue weighted by molar-refractivity contribution is 5.42. The van der Waals surface area contributed by atoms with Gasteiger partial charge in [0.2, 0.25) is 0 Å². The molecule has 142 valence electrons. The number of hydrogen-bond acceptors (Lipinski definition) is 6. The number of aromatic nitrogens is 2. The Balaban J connectivity index is 2.22. The van der Waals surface area contributed by atoms with Gasteiger partial charge >= 0.3 is 0 Å². The summed E-state index contributed by atoms with van der Waals surface area (Å²) in [6.45, 7) is 16.2. The first-order valence-corrected chi connectivity index (χ1v) is 9.08. The van der Waals surface area contributed by atoms with Gasteiger partial charge in [0.05, 0.1) is 17.9 Å². The van der Waals surface area contributed by atoms with Gasteiger partial charge in [0.1, 0.15) is 11.6 Å². The molecule has 1 aliphatic rings. The van der Waals surface area contributed by atoms with Gasteiger partial charge in [0.25, 0.3) is 0 Å². The standard InChI is InChI=1S/C19H34N4O2/c1-14-11-22(13-19(5,6)24)8-9-23(14)16-10-15(12-25-7)20-17(21-16)18(2,3)4/h10,14,24H,8-9,11-13H2,1-7H3. The predicted molar refractivity (Wildman–Crippen MR) is 101 cm³/mol. The van der Waals surface area contributed by atoms with Crippen LogP contribution < -0.4 is 4.90 Å². The van der Waals surface area contributed by atoms with Gasteiger partial charge in [0.15, 0.2) is 0 Å². The monoisotopic (exact) mass is 350 g/mol. The number of rotatable bonds is 5. The maximum Gasteiger partial charge on any atom is 0.136 e. The molecular formula is C19H34N4O2. The second-order valence-corrected chi connectivity index (χ2v) is 8.81. The Morgan fingerprint density at radius 1 is 1.20 bits per heavy atom. The number of nitrogens with zero attached hydrogens (tertiary/aromatic N) is 4. The van der Waals surface area contributed by atoms with Gasteiger partial charge in [-0.3, -0.25) is 4.90 Å². The highest BCUT2D eigenvalue weighted by Gasteiger charge is 2.29. The molecule has 0 aliphatic carbocycles. The van der Waals surface area contributed by atoms with Crippen LogP contribution in [0.25, 0.3) is 0 Å². The first kappa shape index (κ1) is 20.1. The Hall–Kier alpha value is -1.24. The summed E-state index contributed by atoms with van der Waals surface area (Å²) in [6, 6.07) is 2.37. The number of anilines is 1. The molecule has 0 amide bonds. The molecule has 1 aliphatic heterocycles. The van der Waals surface area contributed by atoms with Crippen LogP contribution in [0.4, 0.5) is 5.82 Å². The van der Waals surface area contributed by atoms with Crippen LogP contribution in [-0.4, -0.2) is 64.9 Å². The molecule has 1 atom stereocenters. The van der Waals surface area contributed by atoms with Gasteiger partial charge < -0.3 is 14.7 Å². The van der Waals surface area contributed by atoms with E-state index in [9.17, 15) is 5.11 Å². The van der Waals surface area contributed by atoms with Gasteiger partial charge in [-0.2, -0.15) is 0 Å². The minimum atomic E-state index is -0.665. The van der Waals surface area contributed by atoms with Crippen molar-refractivity contribution in [3.8, 4) is 0 Å². The van der Waals surface area contributed by atoms with Gasteiger partial charge in [-0.15, -0.1) is 0 Å². The molecule has 6 heteroatoms. The molecule has 1 fully saturated rings. The average Bonchev–Trinajstić information content (AvgIpc) is 2.44. The maximum absolute atomic E-state index is 10.1. The number of aliphatic hydroxyl groups is 1. The molecule has 1 saturated heterocycles. The van der Waals surface area contributed by atoms with Crippen molar-refractivity contribution < 1.29 is 9.84 Å². The second kappa shape index (κ2) is 7.56. The van der Waals surface area contributed by atoms with Gasteiger partial charge in [0, 0.05) is 50.8 Å². The van der Waals surface area contributed by atoms with Gasteiger partial charge in [-0.05, 0) is 20.8 Å². The number of methoxy groups -OCH3 is 1. The summed E-state index contributed by atoms with van der Waals surface area (Å²) in [5.41, 5.74) is 0.148. The Morgan fingerprint density at radius 3 is 2.40 bits per heavy atom. The molecule has 0 radical (unpaired) electrons. The molecule has 1 aromatic heterocycles. The molecule has 0 saturated carbocycles. The number of β-amino-alcohol motifs (C(OH)–C–C–N with tert-alkyl or cyclic N) is 1. The SMILES string of the molecule is COCc1cc(N2CCN(CC(C)(C)O)CC2C)nc(C(C)(C)C)n1. The largest absolute Gasteiger partial charge is 0.389 e.